The molecule has 0 saturated heterocycles. The molecule has 1 N–H and O–H groups in total. The summed E-state index contributed by atoms with van der Waals surface area (Å²) in [7, 11) is 3.35. The molecule has 7 nitrogen and oxygen atoms in total. The SMILES string of the molecule is COc1ccc([C@H](CC(=O)N(C)Cc2cnn(-c3ccccc3)c2)NC(C)=O)cc1. The third-order valence-corrected chi connectivity index (χ3v) is 4.78. The lowest BCUT2D eigenvalue weighted by Crippen LogP contribution is -2.33. The summed E-state index contributed by atoms with van der Waals surface area (Å²) in [6.45, 7) is 1.88. The van der Waals surface area contributed by atoms with Crippen LogP contribution >= 0.6 is 0 Å². The Balaban J connectivity index is 1.66. The number of ether oxygens (including phenoxy) is 1. The fourth-order valence-corrected chi connectivity index (χ4v) is 3.19. The molecular formula is C23H26N4O3. The maximum Gasteiger partial charge on any atom is 0.225 e. The molecule has 156 valence electrons. The first-order chi connectivity index (χ1) is 14.5. The second kappa shape index (κ2) is 9.73. The number of benzene rings is 2. The van der Waals surface area contributed by atoms with Gasteiger partial charge in [-0.3, -0.25) is 9.59 Å². The zero-order chi connectivity index (χ0) is 21.5. The summed E-state index contributed by atoms with van der Waals surface area (Å²) in [4.78, 5) is 26.1. The molecule has 0 radical (unpaired) electrons. The van der Waals surface area contributed by atoms with Crippen LogP contribution in [0.5, 0.6) is 5.75 Å². The van der Waals surface area contributed by atoms with E-state index in [2.05, 4.69) is 10.4 Å². The number of carbonyl (C=O) groups excluding carboxylic acids is 2. The van der Waals surface area contributed by atoms with Gasteiger partial charge in [0.25, 0.3) is 0 Å². The molecule has 7 heteroatoms. The number of para-hydroxylation sites is 1. The maximum atomic E-state index is 12.8. The zero-order valence-electron chi connectivity index (χ0n) is 17.4. The number of aromatic nitrogens is 2. The van der Waals surface area contributed by atoms with Crippen molar-refractivity contribution in [3.8, 4) is 11.4 Å². The molecule has 0 aliphatic rings. The first-order valence-electron chi connectivity index (χ1n) is 9.70. The fraction of sp³-hybridized carbons (Fsp3) is 0.261. The highest BCUT2D eigenvalue weighted by Crippen LogP contribution is 2.21. The summed E-state index contributed by atoms with van der Waals surface area (Å²) >= 11 is 0. The van der Waals surface area contributed by atoms with E-state index in [1.165, 1.54) is 6.92 Å². The Morgan fingerprint density at radius 3 is 2.47 bits per heavy atom. The molecule has 1 atom stereocenters. The van der Waals surface area contributed by atoms with Gasteiger partial charge in [0, 0.05) is 32.3 Å². The van der Waals surface area contributed by atoms with Gasteiger partial charge in [0.2, 0.25) is 11.8 Å². The highest BCUT2D eigenvalue weighted by atomic mass is 16.5. The molecule has 0 saturated carbocycles. The van der Waals surface area contributed by atoms with E-state index in [4.69, 9.17) is 4.74 Å². The minimum absolute atomic E-state index is 0.0722. The number of methoxy groups -OCH3 is 1. The van der Waals surface area contributed by atoms with E-state index in [9.17, 15) is 9.59 Å². The van der Waals surface area contributed by atoms with Gasteiger partial charge in [0.1, 0.15) is 5.75 Å². The average molecular weight is 406 g/mol. The van der Waals surface area contributed by atoms with Gasteiger partial charge in [0.05, 0.1) is 31.5 Å². The quantitative estimate of drug-likeness (QED) is 0.624. The molecule has 2 aromatic carbocycles. The lowest BCUT2D eigenvalue weighted by atomic mass is 10.0. The van der Waals surface area contributed by atoms with Gasteiger partial charge in [-0.25, -0.2) is 4.68 Å². The number of nitrogens with zero attached hydrogens (tertiary/aromatic N) is 3. The molecule has 1 heterocycles. The van der Waals surface area contributed by atoms with E-state index in [1.54, 1.807) is 29.9 Å². The van der Waals surface area contributed by atoms with Gasteiger partial charge in [-0.15, -0.1) is 0 Å². The first-order valence-corrected chi connectivity index (χ1v) is 9.70. The van der Waals surface area contributed by atoms with Crippen LogP contribution in [-0.2, 0) is 16.1 Å². The van der Waals surface area contributed by atoms with E-state index in [-0.39, 0.29) is 18.2 Å². The molecule has 0 spiro atoms. The molecule has 3 aromatic rings. The number of nitrogens with one attached hydrogen (secondary N) is 1. The fourth-order valence-electron chi connectivity index (χ4n) is 3.19. The molecule has 2 amide bonds. The van der Waals surface area contributed by atoms with Crippen molar-refractivity contribution in [3.63, 3.8) is 0 Å². The van der Waals surface area contributed by atoms with Crippen LogP contribution in [0.4, 0.5) is 0 Å². The number of amides is 2. The zero-order valence-corrected chi connectivity index (χ0v) is 17.4. The third-order valence-electron chi connectivity index (χ3n) is 4.78. The highest BCUT2D eigenvalue weighted by Gasteiger charge is 2.20. The van der Waals surface area contributed by atoms with Gasteiger partial charge in [0.15, 0.2) is 0 Å². The van der Waals surface area contributed by atoms with Crippen molar-refractivity contribution in [3.05, 3.63) is 78.1 Å². The molecule has 0 bridgehead atoms. The van der Waals surface area contributed by atoms with E-state index in [0.29, 0.717) is 6.54 Å². The summed E-state index contributed by atoms with van der Waals surface area (Å²) in [6.07, 6.45) is 3.83. The number of rotatable bonds is 8. The van der Waals surface area contributed by atoms with Gasteiger partial charge in [-0.05, 0) is 29.8 Å². The van der Waals surface area contributed by atoms with Crippen molar-refractivity contribution in [1.29, 1.82) is 0 Å². The maximum absolute atomic E-state index is 12.8. The topological polar surface area (TPSA) is 76.5 Å². The van der Waals surface area contributed by atoms with Crippen LogP contribution in [0.1, 0.15) is 30.5 Å². The van der Waals surface area contributed by atoms with Crippen LogP contribution < -0.4 is 10.1 Å². The van der Waals surface area contributed by atoms with Crippen molar-refractivity contribution in [2.75, 3.05) is 14.2 Å². The van der Waals surface area contributed by atoms with Crippen LogP contribution in [0, 0.1) is 0 Å². The van der Waals surface area contributed by atoms with Gasteiger partial charge < -0.3 is 15.0 Å². The Bertz CT molecular complexity index is 983. The summed E-state index contributed by atoms with van der Waals surface area (Å²) in [5.41, 5.74) is 2.74. The molecule has 3 rings (SSSR count). The van der Waals surface area contributed by atoms with Crippen molar-refractivity contribution in [2.24, 2.45) is 0 Å². The Hall–Kier alpha value is -3.61. The van der Waals surface area contributed by atoms with E-state index in [0.717, 1.165) is 22.6 Å². The number of hydrogen-bond donors (Lipinski definition) is 1. The third kappa shape index (κ3) is 5.47. The van der Waals surface area contributed by atoms with Crippen molar-refractivity contribution >= 4 is 11.8 Å². The summed E-state index contributed by atoms with van der Waals surface area (Å²) in [6, 6.07) is 16.7. The van der Waals surface area contributed by atoms with Crippen LogP contribution in [-0.4, -0.2) is 40.7 Å². The average Bonchev–Trinajstić information content (AvgIpc) is 3.22. The van der Waals surface area contributed by atoms with Crippen LogP contribution in [0.15, 0.2) is 67.0 Å². The van der Waals surface area contributed by atoms with Crippen LogP contribution in [0.25, 0.3) is 5.69 Å². The largest absolute Gasteiger partial charge is 0.497 e. The standard InChI is InChI=1S/C23H26N4O3/c1-17(28)25-22(19-9-11-21(30-3)12-10-19)13-23(29)26(2)15-18-14-24-27(16-18)20-7-5-4-6-8-20/h4-12,14,16,22H,13,15H2,1-3H3,(H,25,28)/t22-/m0/s1. The second-order valence-electron chi connectivity index (χ2n) is 7.11. The molecule has 30 heavy (non-hydrogen) atoms. The van der Waals surface area contributed by atoms with Gasteiger partial charge >= 0.3 is 0 Å². The number of hydrogen-bond acceptors (Lipinski definition) is 4. The summed E-state index contributed by atoms with van der Waals surface area (Å²) < 4.78 is 6.96. The van der Waals surface area contributed by atoms with Crippen molar-refractivity contribution < 1.29 is 14.3 Å². The smallest absolute Gasteiger partial charge is 0.225 e. The van der Waals surface area contributed by atoms with Crippen LogP contribution in [0.2, 0.25) is 0 Å². The Morgan fingerprint density at radius 2 is 1.83 bits per heavy atom. The first kappa shape index (κ1) is 21.1. The molecular weight excluding hydrogens is 380 g/mol. The predicted octanol–water partition coefficient (Wildman–Crippen LogP) is 3.11. The van der Waals surface area contributed by atoms with Gasteiger partial charge in [-0.1, -0.05) is 30.3 Å². The molecule has 0 unspecified atom stereocenters. The van der Waals surface area contributed by atoms with E-state index < -0.39 is 6.04 Å². The molecule has 0 aliphatic heterocycles. The minimum Gasteiger partial charge on any atom is -0.497 e. The summed E-state index contributed by atoms with van der Waals surface area (Å²) in [5.74, 6) is 0.464. The second-order valence-corrected chi connectivity index (χ2v) is 7.11. The number of carbonyl (C=O) groups is 2. The molecule has 0 aliphatic carbocycles. The Morgan fingerprint density at radius 1 is 1.13 bits per heavy atom. The molecule has 0 fully saturated rings. The van der Waals surface area contributed by atoms with Crippen molar-refractivity contribution in [2.45, 2.75) is 25.9 Å². The van der Waals surface area contributed by atoms with E-state index in [1.807, 2.05) is 60.8 Å². The molecule has 1 aromatic heterocycles. The predicted molar refractivity (Wildman–Crippen MR) is 114 cm³/mol. The summed E-state index contributed by atoms with van der Waals surface area (Å²) in [5, 5.41) is 7.24. The Labute approximate surface area is 176 Å². The van der Waals surface area contributed by atoms with Crippen LogP contribution in [0.3, 0.4) is 0 Å². The lowest BCUT2D eigenvalue weighted by Gasteiger charge is -2.22. The lowest BCUT2D eigenvalue weighted by molar-refractivity contribution is -0.131. The van der Waals surface area contributed by atoms with Gasteiger partial charge in [-0.2, -0.15) is 5.10 Å². The monoisotopic (exact) mass is 406 g/mol. The Kier molecular flexibility index (Phi) is 6.85. The van der Waals surface area contributed by atoms with E-state index >= 15 is 0 Å². The van der Waals surface area contributed by atoms with Crippen molar-refractivity contribution in [1.82, 2.24) is 20.0 Å². The normalized spacial score (nSPS) is 11.6. The minimum atomic E-state index is -0.407. The highest BCUT2D eigenvalue weighted by molar-refractivity contribution is 5.79.